The number of nitrogens with zero attached hydrogens (tertiary/aromatic N) is 1. The summed E-state index contributed by atoms with van der Waals surface area (Å²) in [6.07, 6.45) is 5.67. The van der Waals surface area contributed by atoms with Crippen LogP contribution in [0.1, 0.15) is 38.5 Å². The molecule has 2 fully saturated rings. The number of benzene rings is 1. The highest BCUT2D eigenvalue weighted by Crippen LogP contribution is 2.29. The summed E-state index contributed by atoms with van der Waals surface area (Å²) in [6.45, 7) is -0.134. The fraction of sp³-hybridized carbons (Fsp3) is 0.611. The lowest BCUT2D eigenvalue weighted by Crippen LogP contribution is -2.50. The molecule has 1 saturated heterocycles. The molecule has 0 aromatic heterocycles. The molecular formula is C18H23Cl2NO4S. The van der Waals surface area contributed by atoms with E-state index in [1.54, 1.807) is 23.1 Å². The first-order valence-corrected chi connectivity index (χ1v) is 11.5. The smallest absolute Gasteiger partial charge is 0.261 e. The van der Waals surface area contributed by atoms with Gasteiger partial charge in [-0.15, -0.1) is 0 Å². The van der Waals surface area contributed by atoms with Crippen molar-refractivity contribution in [2.24, 2.45) is 0 Å². The minimum atomic E-state index is -3.06. The van der Waals surface area contributed by atoms with Gasteiger partial charge in [-0.25, -0.2) is 8.42 Å². The maximum Gasteiger partial charge on any atom is 0.261 e. The molecule has 0 spiro atoms. The van der Waals surface area contributed by atoms with E-state index < -0.39 is 9.84 Å². The molecule has 1 amide bonds. The van der Waals surface area contributed by atoms with E-state index in [1.807, 2.05) is 0 Å². The van der Waals surface area contributed by atoms with Gasteiger partial charge in [0.2, 0.25) is 0 Å². The molecular weight excluding hydrogens is 397 g/mol. The van der Waals surface area contributed by atoms with Crippen molar-refractivity contribution in [3.8, 4) is 5.75 Å². The summed E-state index contributed by atoms with van der Waals surface area (Å²) in [5.74, 6) is 0.518. The van der Waals surface area contributed by atoms with Gasteiger partial charge in [0.25, 0.3) is 5.91 Å². The Morgan fingerprint density at radius 1 is 1.08 bits per heavy atom. The molecule has 1 aliphatic carbocycles. The van der Waals surface area contributed by atoms with Crippen LogP contribution in [0.25, 0.3) is 0 Å². The van der Waals surface area contributed by atoms with Crippen LogP contribution >= 0.6 is 23.2 Å². The quantitative estimate of drug-likeness (QED) is 0.729. The van der Waals surface area contributed by atoms with Gasteiger partial charge in [-0.3, -0.25) is 4.79 Å². The van der Waals surface area contributed by atoms with Gasteiger partial charge in [-0.2, -0.15) is 0 Å². The molecule has 1 saturated carbocycles. The molecule has 0 bridgehead atoms. The highest BCUT2D eigenvalue weighted by Gasteiger charge is 2.38. The standard InChI is InChI=1S/C18H23Cl2NO4S/c19-16-7-6-15(10-17(16)20)25-11-18(22)21(13-4-2-1-3-5-13)14-8-9-26(23,24)12-14/h6-7,10,13-14H,1-5,8-9,11-12H2. The zero-order valence-corrected chi connectivity index (χ0v) is 16.8. The van der Waals surface area contributed by atoms with Gasteiger partial charge in [-0.05, 0) is 31.4 Å². The normalized spacial score (nSPS) is 22.9. The van der Waals surface area contributed by atoms with Crippen LogP contribution in [0.4, 0.5) is 0 Å². The first-order chi connectivity index (χ1) is 12.4. The zero-order chi connectivity index (χ0) is 18.7. The van der Waals surface area contributed by atoms with Crippen LogP contribution in [0.5, 0.6) is 5.75 Å². The summed E-state index contributed by atoms with van der Waals surface area (Å²) in [7, 11) is -3.06. The summed E-state index contributed by atoms with van der Waals surface area (Å²) in [4.78, 5) is 14.7. The molecule has 0 radical (unpaired) electrons. The molecule has 5 nitrogen and oxygen atoms in total. The molecule has 3 rings (SSSR count). The summed E-state index contributed by atoms with van der Waals surface area (Å²) in [6, 6.07) is 4.71. The van der Waals surface area contributed by atoms with Crippen molar-refractivity contribution >= 4 is 38.9 Å². The van der Waals surface area contributed by atoms with Crippen molar-refractivity contribution in [1.29, 1.82) is 0 Å². The highest BCUT2D eigenvalue weighted by molar-refractivity contribution is 7.91. The average molecular weight is 420 g/mol. The predicted molar refractivity (Wildman–Crippen MR) is 103 cm³/mol. The number of ether oxygens (including phenoxy) is 1. The van der Waals surface area contributed by atoms with E-state index in [-0.39, 0.29) is 36.1 Å². The van der Waals surface area contributed by atoms with E-state index in [1.165, 1.54) is 6.42 Å². The first kappa shape index (κ1) is 19.8. The van der Waals surface area contributed by atoms with Crippen LogP contribution in [0.15, 0.2) is 18.2 Å². The Morgan fingerprint density at radius 2 is 1.81 bits per heavy atom. The lowest BCUT2D eigenvalue weighted by Gasteiger charge is -2.38. The van der Waals surface area contributed by atoms with Crippen molar-refractivity contribution in [1.82, 2.24) is 4.90 Å². The average Bonchev–Trinajstić information content (AvgIpc) is 2.96. The van der Waals surface area contributed by atoms with Crippen LogP contribution in [0, 0.1) is 0 Å². The molecule has 8 heteroatoms. The molecule has 1 atom stereocenters. The second kappa shape index (κ2) is 8.36. The Hall–Kier alpha value is -0.980. The molecule has 1 aromatic rings. The molecule has 1 unspecified atom stereocenters. The lowest BCUT2D eigenvalue weighted by atomic mass is 9.93. The zero-order valence-electron chi connectivity index (χ0n) is 14.5. The monoisotopic (exact) mass is 419 g/mol. The van der Waals surface area contributed by atoms with Gasteiger partial charge < -0.3 is 9.64 Å². The molecule has 2 aliphatic rings. The number of rotatable bonds is 5. The number of carbonyl (C=O) groups excluding carboxylic acids is 1. The maximum atomic E-state index is 12.9. The molecule has 144 valence electrons. The molecule has 26 heavy (non-hydrogen) atoms. The van der Waals surface area contributed by atoms with Crippen LogP contribution in [-0.4, -0.2) is 49.4 Å². The second-order valence-corrected chi connectivity index (χ2v) is 10.1. The third kappa shape index (κ3) is 4.84. The van der Waals surface area contributed by atoms with Crippen molar-refractivity contribution in [2.75, 3.05) is 18.1 Å². The highest BCUT2D eigenvalue weighted by atomic mass is 35.5. The minimum Gasteiger partial charge on any atom is -0.484 e. The predicted octanol–water partition coefficient (Wildman–Crippen LogP) is 3.72. The molecule has 0 N–H and O–H groups in total. The van der Waals surface area contributed by atoms with Crippen LogP contribution in [-0.2, 0) is 14.6 Å². The van der Waals surface area contributed by atoms with Gasteiger partial charge in [0.05, 0.1) is 21.6 Å². The minimum absolute atomic E-state index is 0.0576. The van der Waals surface area contributed by atoms with Gasteiger partial charge in [-0.1, -0.05) is 42.5 Å². The van der Waals surface area contributed by atoms with Crippen molar-refractivity contribution in [3.63, 3.8) is 0 Å². The fourth-order valence-electron chi connectivity index (χ4n) is 3.85. The van der Waals surface area contributed by atoms with Gasteiger partial charge >= 0.3 is 0 Å². The lowest BCUT2D eigenvalue weighted by molar-refractivity contribution is -0.138. The summed E-state index contributed by atoms with van der Waals surface area (Å²) >= 11 is 11.9. The molecule has 1 aromatic carbocycles. The Balaban J connectivity index is 1.70. The third-order valence-electron chi connectivity index (χ3n) is 5.11. The number of sulfone groups is 1. The number of halogens is 2. The molecule has 1 aliphatic heterocycles. The summed E-state index contributed by atoms with van der Waals surface area (Å²) in [5.41, 5.74) is 0. The van der Waals surface area contributed by atoms with Crippen LogP contribution in [0.3, 0.4) is 0 Å². The van der Waals surface area contributed by atoms with E-state index in [9.17, 15) is 13.2 Å². The van der Waals surface area contributed by atoms with Gasteiger partial charge in [0.1, 0.15) is 5.75 Å². The van der Waals surface area contributed by atoms with Crippen molar-refractivity contribution in [3.05, 3.63) is 28.2 Å². The van der Waals surface area contributed by atoms with Crippen molar-refractivity contribution < 1.29 is 17.9 Å². The Labute approximate surface area is 164 Å². The number of carbonyl (C=O) groups is 1. The second-order valence-electron chi connectivity index (χ2n) is 7.01. The summed E-state index contributed by atoms with van der Waals surface area (Å²) < 4.78 is 29.4. The van der Waals surface area contributed by atoms with E-state index in [4.69, 9.17) is 27.9 Å². The number of hydrogen-bond donors (Lipinski definition) is 0. The largest absolute Gasteiger partial charge is 0.484 e. The van der Waals surface area contributed by atoms with Crippen LogP contribution in [0.2, 0.25) is 10.0 Å². The number of amides is 1. The first-order valence-electron chi connectivity index (χ1n) is 8.95. The van der Waals surface area contributed by atoms with E-state index in [0.29, 0.717) is 22.2 Å². The SMILES string of the molecule is O=C(COc1ccc(Cl)c(Cl)c1)N(C1CCCCC1)C1CCS(=O)(=O)C1. The van der Waals surface area contributed by atoms with E-state index in [2.05, 4.69) is 0 Å². The van der Waals surface area contributed by atoms with Gasteiger partial charge in [0, 0.05) is 18.2 Å². The third-order valence-corrected chi connectivity index (χ3v) is 7.60. The Kier molecular flexibility index (Phi) is 6.36. The van der Waals surface area contributed by atoms with E-state index in [0.717, 1.165) is 25.7 Å². The maximum absolute atomic E-state index is 12.9. The van der Waals surface area contributed by atoms with E-state index >= 15 is 0 Å². The summed E-state index contributed by atoms with van der Waals surface area (Å²) in [5, 5.41) is 0.785. The van der Waals surface area contributed by atoms with Crippen molar-refractivity contribution in [2.45, 2.75) is 50.6 Å². The topological polar surface area (TPSA) is 63.7 Å². The van der Waals surface area contributed by atoms with Gasteiger partial charge in [0.15, 0.2) is 16.4 Å². The Morgan fingerprint density at radius 3 is 2.42 bits per heavy atom. The fourth-order valence-corrected chi connectivity index (χ4v) is 5.85. The Bertz CT molecular complexity index is 762. The van der Waals surface area contributed by atoms with Crippen LogP contribution < -0.4 is 4.74 Å². The molecule has 1 heterocycles. The number of hydrogen-bond acceptors (Lipinski definition) is 4.